The fourth-order valence-corrected chi connectivity index (χ4v) is 4.20. The van der Waals surface area contributed by atoms with Crippen molar-refractivity contribution in [1.29, 1.82) is 0 Å². The van der Waals surface area contributed by atoms with Crippen molar-refractivity contribution in [1.82, 2.24) is 14.3 Å². The third-order valence-corrected chi connectivity index (χ3v) is 5.80. The Morgan fingerprint density at radius 2 is 1.90 bits per heavy atom. The van der Waals surface area contributed by atoms with Crippen LogP contribution in [0.15, 0.2) is 48.8 Å². The van der Waals surface area contributed by atoms with E-state index in [0.717, 1.165) is 43.6 Å². The van der Waals surface area contributed by atoms with Gasteiger partial charge in [-0.2, -0.15) is 0 Å². The Morgan fingerprint density at radius 3 is 2.73 bits per heavy atom. The number of nitrogens with zero attached hydrogens (tertiary/aromatic N) is 4. The molecule has 2 aliphatic heterocycles. The van der Waals surface area contributed by atoms with Crippen LogP contribution in [0.25, 0.3) is 5.65 Å². The summed E-state index contributed by atoms with van der Waals surface area (Å²) in [5.41, 5.74) is 2.82. The van der Waals surface area contributed by atoms with Crippen LogP contribution in [-0.2, 0) is 4.79 Å². The Labute approximate surface area is 174 Å². The maximum Gasteiger partial charge on any atom is 0.278 e. The van der Waals surface area contributed by atoms with Gasteiger partial charge >= 0.3 is 0 Å². The molecule has 0 saturated carbocycles. The number of para-hydroxylation sites is 2. The molecular weight excluding hydrogens is 380 g/mol. The zero-order valence-electron chi connectivity index (χ0n) is 17.0. The van der Waals surface area contributed by atoms with Crippen LogP contribution in [0.4, 0.5) is 5.69 Å². The van der Waals surface area contributed by atoms with Gasteiger partial charge in [0.05, 0.1) is 12.2 Å². The number of carbonyl (C=O) groups is 2. The molecule has 0 spiro atoms. The van der Waals surface area contributed by atoms with Gasteiger partial charge in [-0.15, -0.1) is 0 Å². The van der Waals surface area contributed by atoms with Gasteiger partial charge in [0.1, 0.15) is 17.1 Å². The summed E-state index contributed by atoms with van der Waals surface area (Å²) in [6.45, 7) is 3.67. The van der Waals surface area contributed by atoms with Crippen LogP contribution < -0.4 is 9.64 Å². The minimum atomic E-state index is -0.707. The molecule has 1 saturated heterocycles. The highest BCUT2D eigenvalue weighted by Crippen LogP contribution is 2.34. The fourth-order valence-electron chi connectivity index (χ4n) is 4.20. The average Bonchev–Trinajstić information content (AvgIpc) is 3.21. The van der Waals surface area contributed by atoms with Gasteiger partial charge in [0.2, 0.25) is 0 Å². The molecule has 2 aromatic heterocycles. The maximum absolute atomic E-state index is 13.4. The van der Waals surface area contributed by atoms with Gasteiger partial charge in [0, 0.05) is 25.5 Å². The molecule has 0 radical (unpaired) electrons. The van der Waals surface area contributed by atoms with Crippen molar-refractivity contribution in [2.24, 2.45) is 0 Å². The zero-order chi connectivity index (χ0) is 20.7. The molecule has 1 atom stereocenters. The van der Waals surface area contributed by atoms with Crippen molar-refractivity contribution < 1.29 is 14.3 Å². The molecule has 0 aliphatic carbocycles. The summed E-state index contributed by atoms with van der Waals surface area (Å²) >= 11 is 0. The second-order valence-electron chi connectivity index (χ2n) is 7.97. The Hall–Kier alpha value is -3.35. The molecule has 30 heavy (non-hydrogen) atoms. The fraction of sp³-hybridized carbons (Fsp3) is 0.348. The Balaban J connectivity index is 1.47. The Bertz CT molecular complexity index is 1120. The van der Waals surface area contributed by atoms with E-state index in [0.29, 0.717) is 17.1 Å². The van der Waals surface area contributed by atoms with Crippen LogP contribution in [0.1, 0.15) is 35.3 Å². The highest BCUT2D eigenvalue weighted by molar-refractivity contribution is 6.07. The van der Waals surface area contributed by atoms with Gasteiger partial charge in [-0.1, -0.05) is 12.1 Å². The van der Waals surface area contributed by atoms with Crippen molar-refractivity contribution in [3.8, 4) is 5.75 Å². The lowest BCUT2D eigenvalue weighted by Crippen LogP contribution is -2.52. The van der Waals surface area contributed by atoms with Gasteiger partial charge < -0.3 is 14.0 Å². The number of rotatable bonds is 2. The second kappa shape index (κ2) is 7.48. The SMILES string of the molecule is Cc1ccn2cc(C(=O)N3C[C@@H](C(=O)N4CCCCC4)Oc4ccccc43)nc2c1. The number of carbonyl (C=O) groups excluding carboxylic acids is 2. The van der Waals surface area contributed by atoms with Crippen molar-refractivity contribution in [3.05, 3.63) is 60.0 Å². The number of aryl methyl sites for hydroxylation is 1. The number of benzene rings is 1. The first-order valence-corrected chi connectivity index (χ1v) is 10.4. The number of piperidine rings is 1. The lowest BCUT2D eigenvalue weighted by molar-refractivity contribution is -0.139. The smallest absolute Gasteiger partial charge is 0.278 e. The van der Waals surface area contributed by atoms with E-state index >= 15 is 0 Å². The molecular formula is C23H24N4O3. The van der Waals surface area contributed by atoms with Crippen LogP contribution in [0.3, 0.4) is 0 Å². The molecule has 1 aromatic carbocycles. The number of hydrogen-bond donors (Lipinski definition) is 0. The zero-order valence-corrected chi connectivity index (χ0v) is 17.0. The first-order chi connectivity index (χ1) is 14.6. The summed E-state index contributed by atoms with van der Waals surface area (Å²) in [5.74, 6) is 0.267. The van der Waals surface area contributed by atoms with Gasteiger partial charge in [-0.25, -0.2) is 4.98 Å². The molecule has 3 aromatic rings. The quantitative estimate of drug-likeness (QED) is 0.658. The topological polar surface area (TPSA) is 67.2 Å². The standard InChI is InChI=1S/C23H24N4O3/c1-16-9-12-26-14-17(24-21(26)13-16)22(28)27-15-20(23(29)25-10-5-2-6-11-25)30-19-8-4-3-7-18(19)27/h3-4,7-9,12-14,20H,2,5-6,10-11,15H2,1H3/t20-/m0/s1. The molecule has 7 heteroatoms. The van der Waals surface area contributed by atoms with Crippen LogP contribution in [0.5, 0.6) is 5.75 Å². The van der Waals surface area contributed by atoms with E-state index < -0.39 is 6.10 Å². The van der Waals surface area contributed by atoms with Crippen molar-refractivity contribution >= 4 is 23.1 Å². The molecule has 1 fully saturated rings. The highest BCUT2D eigenvalue weighted by atomic mass is 16.5. The van der Waals surface area contributed by atoms with E-state index in [1.807, 2.05) is 52.8 Å². The Morgan fingerprint density at radius 1 is 1.10 bits per heavy atom. The monoisotopic (exact) mass is 404 g/mol. The molecule has 7 nitrogen and oxygen atoms in total. The summed E-state index contributed by atoms with van der Waals surface area (Å²) in [6.07, 6.45) is 6.09. The van der Waals surface area contributed by atoms with Crippen molar-refractivity contribution in [2.45, 2.75) is 32.3 Å². The third-order valence-electron chi connectivity index (χ3n) is 5.80. The molecule has 5 rings (SSSR count). The van der Waals surface area contributed by atoms with Crippen molar-refractivity contribution in [3.63, 3.8) is 0 Å². The van der Waals surface area contributed by atoms with Crippen LogP contribution in [0, 0.1) is 6.92 Å². The Kier molecular flexibility index (Phi) is 4.65. The number of imidazole rings is 1. The minimum absolute atomic E-state index is 0.0485. The maximum atomic E-state index is 13.4. The summed E-state index contributed by atoms with van der Waals surface area (Å²) in [7, 11) is 0. The number of amides is 2. The molecule has 2 amide bonds. The number of pyridine rings is 1. The first-order valence-electron chi connectivity index (χ1n) is 10.4. The predicted octanol–water partition coefficient (Wildman–Crippen LogP) is 3.06. The molecule has 2 aliphatic rings. The van der Waals surface area contributed by atoms with E-state index in [-0.39, 0.29) is 18.4 Å². The summed E-state index contributed by atoms with van der Waals surface area (Å²) in [5, 5.41) is 0. The van der Waals surface area contributed by atoms with E-state index in [1.165, 1.54) is 0 Å². The van der Waals surface area contributed by atoms with Crippen molar-refractivity contribution in [2.75, 3.05) is 24.5 Å². The summed E-state index contributed by atoms with van der Waals surface area (Å²) < 4.78 is 7.86. The van der Waals surface area contributed by atoms with Gasteiger partial charge in [-0.3, -0.25) is 14.5 Å². The molecule has 4 heterocycles. The first kappa shape index (κ1) is 18.7. The van der Waals surface area contributed by atoms with Crippen LogP contribution >= 0.6 is 0 Å². The highest BCUT2D eigenvalue weighted by Gasteiger charge is 2.37. The average molecular weight is 404 g/mol. The molecule has 0 N–H and O–H groups in total. The van der Waals surface area contributed by atoms with Gasteiger partial charge in [-0.05, 0) is 56.0 Å². The molecule has 0 bridgehead atoms. The van der Waals surface area contributed by atoms with E-state index in [2.05, 4.69) is 4.98 Å². The molecule has 154 valence electrons. The van der Waals surface area contributed by atoms with Crippen LogP contribution in [-0.4, -0.2) is 51.8 Å². The number of aromatic nitrogens is 2. The minimum Gasteiger partial charge on any atom is -0.476 e. The summed E-state index contributed by atoms with van der Waals surface area (Å²) in [6, 6.07) is 11.3. The van der Waals surface area contributed by atoms with E-state index in [1.54, 1.807) is 17.2 Å². The summed E-state index contributed by atoms with van der Waals surface area (Å²) in [4.78, 5) is 34.5. The predicted molar refractivity (Wildman–Crippen MR) is 113 cm³/mol. The third kappa shape index (κ3) is 3.30. The van der Waals surface area contributed by atoms with E-state index in [4.69, 9.17) is 4.74 Å². The normalized spacial score (nSPS) is 18.8. The van der Waals surface area contributed by atoms with E-state index in [9.17, 15) is 9.59 Å². The number of fused-ring (bicyclic) bond motifs is 2. The lowest BCUT2D eigenvalue weighted by atomic mass is 10.1. The lowest BCUT2D eigenvalue weighted by Gasteiger charge is -2.37. The van der Waals surface area contributed by atoms with Crippen LogP contribution in [0.2, 0.25) is 0 Å². The number of anilines is 1. The second-order valence-corrected chi connectivity index (χ2v) is 7.97. The molecule has 0 unspecified atom stereocenters. The largest absolute Gasteiger partial charge is 0.476 e. The number of ether oxygens (including phenoxy) is 1. The number of hydrogen-bond acceptors (Lipinski definition) is 4. The van der Waals surface area contributed by atoms with Gasteiger partial charge in [0.25, 0.3) is 11.8 Å². The van der Waals surface area contributed by atoms with Gasteiger partial charge in [0.15, 0.2) is 6.10 Å². The number of likely N-dealkylation sites (tertiary alicyclic amines) is 1.